The van der Waals surface area contributed by atoms with Crippen molar-refractivity contribution in [2.75, 3.05) is 0 Å². The Labute approximate surface area is 124 Å². The Morgan fingerprint density at radius 3 is 2.37 bits per heavy atom. The first-order valence-electron chi connectivity index (χ1n) is 5.77. The summed E-state index contributed by atoms with van der Waals surface area (Å²) in [6.45, 7) is 3.65. The van der Waals surface area contributed by atoms with Gasteiger partial charge in [0.2, 0.25) is 10.0 Å². The second-order valence-electron chi connectivity index (χ2n) is 4.11. The molecule has 0 fully saturated rings. The van der Waals surface area contributed by atoms with Crippen LogP contribution in [0.3, 0.4) is 0 Å². The van der Waals surface area contributed by atoms with Crippen molar-refractivity contribution in [3.63, 3.8) is 0 Å². The van der Waals surface area contributed by atoms with Crippen molar-refractivity contribution < 1.29 is 8.42 Å². The van der Waals surface area contributed by atoms with Crippen LogP contribution in [0.25, 0.3) is 0 Å². The number of rotatable bonds is 5. The SMILES string of the molecule is C#CC(CC)(CC)NS(=O)(=O)c1cc(Cl)ccc1Cl. The molecule has 1 rings (SSSR count). The van der Waals surface area contributed by atoms with Gasteiger partial charge in [-0.3, -0.25) is 0 Å². The molecular formula is C13H15Cl2NO2S. The van der Waals surface area contributed by atoms with Crippen LogP contribution in [0.1, 0.15) is 26.7 Å². The third-order valence-corrected chi connectivity index (χ3v) is 5.25. The average Bonchev–Trinajstić information content (AvgIpc) is 2.39. The van der Waals surface area contributed by atoms with Crippen LogP contribution in [0.5, 0.6) is 0 Å². The average molecular weight is 320 g/mol. The normalized spacial score (nSPS) is 12.2. The van der Waals surface area contributed by atoms with Gasteiger partial charge >= 0.3 is 0 Å². The number of sulfonamides is 1. The summed E-state index contributed by atoms with van der Waals surface area (Å²) in [5.74, 6) is 2.51. The lowest BCUT2D eigenvalue weighted by molar-refractivity contribution is 0.451. The molecule has 0 heterocycles. The molecule has 0 unspecified atom stereocenters. The minimum absolute atomic E-state index is 0.0665. The second-order valence-corrected chi connectivity index (χ2v) is 6.61. The van der Waals surface area contributed by atoms with Gasteiger partial charge in [-0.1, -0.05) is 43.0 Å². The molecule has 1 N–H and O–H groups in total. The van der Waals surface area contributed by atoms with E-state index in [1.807, 2.05) is 13.8 Å². The highest BCUT2D eigenvalue weighted by Crippen LogP contribution is 2.27. The van der Waals surface area contributed by atoms with Gasteiger partial charge in [0.15, 0.2) is 0 Å². The lowest BCUT2D eigenvalue weighted by Gasteiger charge is -2.26. The third-order valence-electron chi connectivity index (χ3n) is 3.00. The molecule has 0 saturated carbocycles. The number of nitrogens with one attached hydrogen (secondary N) is 1. The van der Waals surface area contributed by atoms with Crippen molar-refractivity contribution >= 4 is 33.2 Å². The van der Waals surface area contributed by atoms with E-state index in [4.69, 9.17) is 29.6 Å². The van der Waals surface area contributed by atoms with Crippen LogP contribution in [0, 0.1) is 12.3 Å². The van der Waals surface area contributed by atoms with Crippen molar-refractivity contribution in [3.8, 4) is 12.3 Å². The molecule has 1 aromatic rings. The van der Waals surface area contributed by atoms with Gasteiger partial charge < -0.3 is 0 Å². The summed E-state index contributed by atoms with van der Waals surface area (Å²) < 4.78 is 27.2. The van der Waals surface area contributed by atoms with Gasteiger partial charge in [-0.2, -0.15) is 4.72 Å². The molecule has 104 valence electrons. The molecule has 0 aliphatic carbocycles. The zero-order valence-electron chi connectivity index (χ0n) is 10.7. The summed E-state index contributed by atoms with van der Waals surface area (Å²) in [7, 11) is -3.82. The van der Waals surface area contributed by atoms with Gasteiger partial charge in [0.05, 0.1) is 10.6 Å². The van der Waals surface area contributed by atoms with E-state index in [-0.39, 0.29) is 9.92 Å². The lowest BCUT2D eigenvalue weighted by Crippen LogP contribution is -2.46. The Balaban J connectivity index is 3.26. The van der Waals surface area contributed by atoms with Crippen LogP contribution in [-0.2, 0) is 10.0 Å². The van der Waals surface area contributed by atoms with Gasteiger partial charge in [0, 0.05) is 5.02 Å². The van der Waals surface area contributed by atoms with Crippen LogP contribution in [0.2, 0.25) is 10.0 Å². The highest BCUT2D eigenvalue weighted by molar-refractivity contribution is 7.89. The van der Waals surface area contributed by atoms with Crippen LogP contribution in [0.15, 0.2) is 23.1 Å². The number of hydrogen-bond acceptors (Lipinski definition) is 2. The first kappa shape index (κ1) is 16.3. The van der Waals surface area contributed by atoms with Gasteiger partial charge in [0.25, 0.3) is 0 Å². The number of benzene rings is 1. The quantitative estimate of drug-likeness (QED) is 0.845. The Hall–Kier alpha value is -0.730. The molecule has 6 heteroatoms. The van der Waals surface area contributed by atoms with E-state index < -0.39 is 15.6 Å². The maximum absolute atomic E-state index is 12.3. The summed E-state index contributed by atoms with van der Waals surface area (Å²) >= 11 is 11.7. The number of hydrogen-bond donors (Lipinski definition) is 1. The zero-order chi connectivity index (χ0) is 14.7. The minimum Gasteiger partial charge on any atom is -0.207 e. The van der Waals surface area contributed by atoms with Gasteiger partial charge in [-0.15, -0.1) is 6.42 Å². The number of terminal acetylenes is 1. The largest absolute Gasteiger partial charge is 0.243 e. The Morgan fingerprint density at radius 1 is 1.32 bits per heavy atom. The van der Waals surface area contributed by atoms with Crippen LogP contribution in [0.4, 0.5) is 0 Å². The Morgan fingerprint density at radius 2 is 1.89 bits per heavy atom. The van der Waals surface area contributed by atoms with Crippen molar-refractivity contribution in [2.24, 2.45) is 0 Å². The van der Waals surface area contributed by atoms with Crippen molar-refractivity contribution in [1.29, 1.82) is 0 Å². The fraction of sp³-hybridized carbons (Fsp3) is 0.385. The summed E-state index contributed by atoms with van der Waals surface area (Å²) in [5.41, 5.74) is -0.912. The maximum Gasteiger partial charge on any atom is 0.243 e. The zero-order valence-corrected chi connectivity index (χ0v) is 13.0. The van der Waals surface area contributed by atoms with E-state index in [0.717, 1.165) is 0 Å². The fourth-order valence-electron chi connectivity index (χ4n) is 1.62. The molecule has 0 radical (unpaired) electrons. The predicted octanol–water partition coefficient (Wildman–Crippen LogP) is 3.46. The molecule has 0 bridgehead atoms. The molecule has 0 atom stereocenters. The summed E-state index contributed by atoms with van der Waals surface area (Å²) in [5, 5.41) is 0.402. The Kier molecular flexibility index (Phi) is 5.28. The highest BCUT2D eigenvalue weighted by atomic mass is 35.5. The second kappa shape index (κ2) is 6.15. The first-order chi connectivity index (χ1) is 8.80. The van der Waals surface area contributed by atoms with E-state index in [1.54, 1.807) is 0 Å². The molecule has 0 aliphatic rings. The minimum atomic E-state index is -3.82. The molecule has 1 aromatic carbocycles. The van der Waals surface area contributed by atoms with Crippen molar-refractivity contribution in [2.45, 2.75) is 37.1 Å². The topological polar surface area (TPSA) is 46.2 Å². The maximum atomic E-state index is 12.3. The molecule has 0 saturated heterocycles. The van der Waals surface area contributed by atoms with E-state index in [0.29, 0.717) is 17.9 Å². The molecule has 19 heavy (non-hydrogen) atoms. The van der Waals surface area contributed by atoms with E-state index in [1.165, 1.54) is 18.2 Å². The molecule has 0 aromatic heterocycles. The first-order valence-corrected chi connectivity index (χ1v) is 8.01. The highest BCUT2D eigenvalue weighted by Gasteiger charge is 2.31. The molecule has 0 spiro atoms. The molecular weight excluding hydrogens is 305 g/mol. The Bertz CT molecular complexity index is 602. The van der Waals surface area contributed by atoms with Crippen molar-refractivity contribution in [3.05, 3.63) is 28.2 Å². The van der Waals surface area contributed by atoms with E-state index in [9.17, 15) is 8.42 Å². The van der Waals surface area contributed by atoms with E-state index >= 15 is 0 Å². The molecule has 0 amide bonds. The van der Waals surface area contributed by atoms with Crippen LogP contribution >= 0.6 is 23.2 Å². The van der Waals surface area contributed by atoms with Crippen LogP contribution in [-0.4, -0.2) is 14.0 Å². The van der Waals surface area contributed by atoms with Gasteiger partial charge in [-0.05, 0) is 31.0 Å². The smallest absolute Gasteiger partial charge is 0.207 e. The summed E-state index contributed by atoms with van der Waals surface area (Å²) in [6.07, 6.45) is 6.41. The molecule has 0 aliphatic heterocycles. The number of halogens is 2. The third kappa shape index (κ3) is 3.64. The van der Waals surface area contributed by atoms with Crippen molar-refractivity contribution in [1.82, 2.24) is 4.72 Å². The standard InChI is InChI=1S/C13H15Cl2NO2S/c1-4-13(5-2,6-3)16-19(17,18)12-9-10(14)7-8-11(12)15/h1,7-9,16H,5-6H2,2-3H3. The lowest BCUT2D eigenvalue weighted by atomic mass is 9.96. The monoisotopic (exact) mass is 319 g/mol. The van der Waals surface area contributed by atoms with E-state index in [2.05, 4.69) is 10.6 Å². The summed E-state index contributed by atoms with van der Waals surface area (Å²) in [4.78, 5) is -0.0665. The molecule has 3 nitrogen and oxygen atoms in total. The fourth-order valence-corrected chi connectivity index (χ4v) is 3.86. The summed E-state index contributed by atoms with van der Waals surface area (Å²) in [6, 6.07) is 4.27. The van der Waals surface area contributed by atoms with Crippen LogP contribution < -0.4 is 4.72 Å². The van der Waals surface area contributed by atoms with Gasteiger partial charge in [0.1, 0.15) is 4.90 Å². The van der Waals surface area contributed by atoms with Gasteiger partial charge in [-0.25, -0.2) is 8.42 Å². The predicted molar refractivity (Wildman–Crippen MR) is 78.9 cm³/mol.